The lowest BCUT2D eigenvalue weighted by Crippen LogP contribution is -2.45. The number of hydrazine groups is 1. The van der Waals surface area contributed by atoms with E-state index in [1.807, 2.05) is 0 Å². The summed E-state index contributed by atoms with van der Waals surface area (Å²) in [6.45, 7) is 1.58. The number of nitrogens with zero attached hydrogens (tertiary/aromatic N) is 1. The molecule has 0 aliphatic carbocycles. The molecule has 1 heterocycles. The van der Waals surface area contributed by atoms with Gasteiger partial charge in [-0.2, -0.15) is 0 Å². The Morgan fingerprint density at radius 3 is 2.33 bits per heavy atom. The number of rotatable bonds is 3. The lowest BCUT2D eigenvalue weighted by atomic mass is 10.2. The van der Waals surface area contributed by atoms with Crippen molar-refractivity contribution in [3.05, 3.63) is 0 Å². The van der Waals surface area contributed by atoms with Crippen molar-refractivity contribution in [3.8, 4) is 0 Å². The van der Waals surface area contributed by atoms with Gasteiger partial charge in [0.05, 0.1) is 0 Å². The van der Waals surface area contributed by atoms with Crippen LogP contribution >= 0.6 is 11.6 Å². The van der Waals surface area contributed by atoms with Crippen LogP contribution in [0.4, 0.5) is 0 Å². The molecule has 4 nitrogen and oxygen atoms in total. The van der Waals surface area contributed by atoms with E-state index in [0.29, 0.717) is 0 Å². The SMILES string of the molecule is O=S(=O)(CCl)NN1CCCCC1. The molecule has 0 aromatic carbocycles. The minimum atomic E-state index is -3.28. The van der Waals surface area contributed by atoms with E-state index in [1.54, 1.807) is 5.01 Å². The molecule has 72 valence electrons. The fraction of sp³-hybridized carbons (Fsp3) is 1.00. The zero-order valence-electron chi connectivity index (χ0n) is 6.79. The zero-order chi connectivity index (χ0) is 9.03. The topological polar surface area (TPSA) is 49.4 Å². The Bertz CT molecular complexity index is 224. The van der Waals surface area contributed by atoms with Crippen LogP contribution in [0.25, 0.3) is 0 Å². The largest absolute Gasteiger partial charge is 0.238 e. The quantitative estimate of drug-likeness (QED) is 0.694. The molecule has 12 heavy (non-hydrogen) atoms. The van der Waals surface area contributed by atoms with E-state index >= 15 is 0 Å². The molecule has 0 saturated carbocycles. The van der Waals surface area contributed by atoms with Gasteiger partial charge in [0.2, 0.25) is 10.0 Å². The van der Waals surface area contributed by atoms with Crippen LogP contribution in [-0.4, -0.2) is 31.7 Å². The first-order valence-corrected chi connectivity index (χ1v) is 6.14. The highest BCUT2D eigenvalue weighted by Crippen LogP contribution is 2.06. The molecule has 0 amide bonds. The summed E-state index contributed by atoms with van der Waals surface area (Å²) in [6, 6.07) is 0. The van der Waals surface area contributed by atoms with Gasteiger partial charge in [-0.3, -0.25) is 0 Å². The maximum atomic E-state index is 11.0. The van der Waals surface area contributed by atoms with Gasteiger partial charge in [-0.1, -0.05) is 6.42 Å². The number of piperidine rings is 1. The number of nitrogens with one attached hydrogen (secondary N) is 1. The summed E-state index contributed by atoms with van der Waals surface area (Å²) in [4.78, 5) is 2.42. The maximum Gasteiger partial charge on any atom is 0.238 e. The number of sulfonamides is 1. The van der Waals surface area contributed by atoms with Crippen molar-refractivity contribution in [1.29, 1.82) is 0 Å². The second-order valence-electron chi connectivity index (χ2n) is 2.86. The van der Waals surface area contributed by atoms with Crippen molar-refractivity contribution in [2.24, 2.45) is 0 Å². The lowest BCUT2D eigenvalue weighted by molar-refractivity contribution is 0.200. The molecule has 0 aromatic rings. The minimum absolute atomic E-state index is 0.372. The lowest BCUT2D eigenvalue weighted by Gasteiger charge is -2.25. The normalized spacial score (nSPS) is 21.1. The Hall–Kier alpha value is 0.160. The van der Waals surface area contributed by atoms with E-state index in [0.717, 1.165) is 25.9 Å². The fourth-order valence-corrected chi connectivity index (χ4v) is 1.98. The van der Waals surface area contributed by atoms with Gasteiger partial charge in [0.25, 0.3) is 0 Å². The monoisotopic (exact) mass is 212 g/mol. The van der Waals surface area contributed by atoms with Gasteiger partial charge in [-0.25, -0.2) is 13.4 Å². The summed E-state index contributed by atoms with van der Waals surface area (Å²) >= 11 is 5.24. The molecule has 6 heteroatoms. The number of hydrogen-bond donors (Lipinski definition) is 1. The minimum Gasteiger partial charge on any atom is -0.231 e. The number of halogens is 1. The Morgan fingerprint density at radius 2 is 1.83 bits per heavy atom. The van der Waals surface area contributed by atoms with Crippen LogP contribution in [0, 0.1) is 0 Å². The zero-order valence-corrected chi connectivity index (χ0v) is 8.36. The molecule has 0 unspecified atom stereocenters. The highest BCUT2D eigenvalue weighted by Gasteiger charge is 2.15. The molecule has 1 rings (SSSR count). The van der Waals surface area contributed by atoms with Gasteiger partial charge in [-0.15, -0.1) is 16.4 Å². The summed E-state index contributed by atoms with van der Waals surface area (Å²) in [5.74, 6) is 0. The Labute approximate surface area is 77.9 Å². The molecule has 1 saturated heterocycles. The average Bonchev–Trinajstić information content (AvgIpc) is 2.06. The first-order chi connectivity index (χ1) is 5.64. The first-order valence-electron chi connectivity index (χ1n) is 3.95. The van der Waals surface area contributed by atoms with Crippen LogP contribution in [0.3, 0.4) is 0 Å². The summed E-state index contributed by atoms with van der Waals surface area (Å²) < 4.78 is 22.0. The van der Waals surface area contributed by atoms with E-state index in [1.165, 1.54) is 6.42 Å². The predicted molar refractivity (Wildman–Crippen MR) is 48.2 cm³/mol. The summed E-state index contributed by atoms with van der Waals surface area (Å²) in [7, 11) is -3.28. The Kier molecular flexibility index (Phi) is 3.77. The van der Waals surface area contributed by atoms with E-state index in [-0.39, 0.29) is 5.21 Å². The molecule has 0 spiro atoms. The van der Waals surface area contributed by atoms with Crippen LogP contribution in [-0.2, 0) is 10.0 Å². The number of alkyl halides is 1. The Morgan fingerprint density at radius 1 is 1.25 bits per heavy atom. The second-order valence-corrected chi connectivity index (χ2v) is 5.15. The van der Waals surface area contributed by atoms with Gasteiger partial charge in [-0.05, 0) is 12.8 Å². The summed E-state index contributed by atoms with van der Waals surface area (Å²) in [5.41, 5.74) is 0. The van der Waals surface area contributed by atoms with Crippen molar-refractivity contribution in [2.75, 3.05) is 18.3 Å². The van der Waals surface area contributed by atoms with Crippen LogP contribution in [0.15, 0.2) is 0 Å². The smallest absolute Gasteiger partial charge is 0.231 e. The molecule has 0 atom stereocenters. The fourth-order valence-electron chi connectivity index (χ4n) is 1.21. The summed E-state index contributed by atoms with van der Waals surface area (Å²) in [5, 5.41) is 1.34. The average molecular weight is 213 g/mol. The highest BCUT2D eigenvalue weighted by molar-refractivity contribution is 7.90. The first kappa shape index (κ1) is 10.2. The van der Waals surface area contributed by atoms with Crippen LogP contribution in [0.1, 0.15) is 19.3 Å². The summed E-state index contributed by atoms with van der Waals surface area (Å²) in [6.07, 6.45) is 3.27. The van der Waals surface area contributed by atoms with Crippen molar-refractivity contribution in [1.82, 2.24) is 9.84 Å². The molecular weight excluding hydrogens is 200 g/mol. The molecule has 0 bridgehead atoms. The molecule has 1 fully saturated rings. The van der Waals surface area contributed by atoms with Gasteiger partial charge in [0, 0.05) is 13.1 Å². The third kappa shape index (κ3) is 3.26. The van der Waals surface area contributed by atoms with Crippen molar-refractivity contribution in [2.45, 2.75) is 19.3 Å². The molecule has 1 aliphatic rings. The van der Waals surface area contributed by atoms with Gasteiger partial charge in [0.15, 0.2) is 0 Å². The molecule has 0 aromatic heterocycles. The maximum absolute atomic E-state index is 11.0. The third-order valence-corrected chi connectivity index (χ3v) is 3.45. The third-order valence-electron chi connectivity index (χ3n) is 1.77. The molecule has 1 N–H and O–H groups in total. The van der Waals surface area contributed by atoms with E-state index in [9.17, 15) is 8.42 Å². The van der Waals surface area contributed by atoms with Gasteiger partial charge >= 0.3 is 0 Å². The van der Waals surface area contributed by atoms with Crippen LogP contribution < -0.4 is 4.83 Å². The van der Waals surface area contributed by atoms with Crippen molar-refractivity contribution in [3.63, 3.8) is 0 Å². The molecular formula is C6H13ClN2O2S. The van der Waals surface area contributed by atoms with Gasteiger partial charge < -0.3 is 0 Å². The van der Waals surface area contributed by atoms with Gasteiger partial charge in [0.1, 0.15) is 5.21 Å². The van der Waals surface area contributed by atoms with Crippen LogP contribution in [0.5, 0.6) is 0 Å². The van der Waals surface area contributed by atoms with Crippen molar-refractivity contribution >= 4 is 21.6 Å². The highest BCUT2D eigenvalue weighted by atomic mass is 35.5. The standard InChI is InChI=1S/C6H13ClN2O2S/c7-6-12(10,11)8-9-4-2-1-3-5-9/h8H,1-6H2. The van der Waals surface area contributed by atoms with Crippen LogP contribution in [0.2, 0.25) is 0 Å². The molecule has 1 aliphatic heterocycles. The second kappa shape index (κ2) is 4.41. The van der Waals surface area contributed by atoms with Crippen molar-refractivity contribution < 1.29 is 8.42 Å². The van der Waals surface area contributed by atoms with E-state index < -0.39 is 10.0 Å². The Balaban J connectivity index is 2.39. The molecule has 0 radical (unpaired) electrons. The van der Waals surface area contributed by atoms with E-state index in [4.69, 9.17) is 11.6 Å². The predicted octanol–water partition coefficient (Wildman–Crippen LogP) is 0.503. The number of hydrogen-bond acceptors (Lipinski definition) is 3. The van der Waals surface area contributed by atoms with E-state index in [2.05, 4.69) is 4.83 Å².